The highest BCUT2D eigenvalue weighted by atomic mass is 32.2. The summed E-state index contributed by atoms with van der Waals surface area (Å²) in [5.74, 6) is 2.29. The number of hydrogen-bond donors (Lipinski definition) is 1. The molecule has 1 aromatic carbocycles. The largest absolute Gasteiger partial charge is 0.469 e. The summed E-state index contributed by atoms with van der Waals surface area (Å²) >= 11 is 1.38. The molecule has 0 radical (unpaired) electrons. The highest BCUT2D eigenvalue weighted by Gasteiger charge is 2.18. The number of nitrogens with one attached hydrogen (secondary N) is 1. The zero-order chi connectivity index (χ0) is 20.1. The van der Waals surface area contributed by atoms with Gasteiger partial charge in [-0.15, -0.1) is 10.2 Å². The maximum absolute atomic E-state index is 12.6. The first-order valence-electron chi connectivity index (χ1n) is 9.36. The summed E-state index contributed by atoms with van der Waals surface area (Å²) < 4.78 is 7.23. The molecule has 6 nitrogen and oxygen atoms in total. The molecule has 0 saturated carbocycles. The lowest BCUT2D eigenvalue weighted by atomic mass is 9.97. The van der Waals surface area contributed by atoms with E-state index >= 15 is 0 Å². The first-order chi connectivity index (χ1) is 13.5. The van der Waals surface area contributed by atoms with Crippen LogP contribution in [0, 0.1) is 12.8 Å². The number of nitrogens with zero attached hydrogens (tertiary/aromatic N) is 3. The number of carbonyl (C=O) groups is 1. The summed E-state index contributed by atoms with van der Waals surface area (Å²) in [6.45, 7) is 6.22. The number of hydrogen-bond acceptors (Lipinski definition) is 5. The van der Waals surface area contributed by atoms with Gasteiger partial charge in [-0.05, 0) is 30.9 Å². The highest BCUT2D eigenvalue weighted by Crippen LogP contribution is 2.26. The fourth-order valence-corrected chi connectivity index (χ4v) is 3.82. The van der Waals surface area contributed by atoms with Crippen molar-refractivity contribution >= 4 is 17.7 Å². The van der Waals surface area contributed by atoms with Crippen LogP contribution in [-0.4, -0.2) is 26.4 Å². The van der Waals surface area contributed by atoms with Crippen molar-refractivity contribution in [3.05, 3.63) is 54.0 Å². The standard InChI is InChI=1S/C21H26N4O2S/c1-14(2)12-18(16-8-6-5-7-9-16)22-19(26)13-28-21-24-23-20(25(21)4)17-10-11-27-15(17)3/h5-11,14,18H,12-13H2,1-4H3,(H,22,26). The van der Waals surface area contributed by atoms with Gasteiger partial charge in [-0.25, -0.2) is 0 Å². The van der Waals surface area contributed by atoms with Crippen molar-refractivity contribution in [2.75, 3.05) is 5.75 Å². The van der Waals surface area contributed by atoms with E-state index in [0.717, 1.165) is 29.1 Å². The first kappa shape index (κ1) is 20.2. The molecule has 1 amide bonds. The molecule has 0 saturated heterocycles. The molecule has 0 aliphatic rings. The van der Waals surface area contributed by atoms with Crippen LogP contribution in [0.2, 0.25) is 0 Å². The van der Waals surface area contributed by atoms with Gasteiger partial charge in [-0.3, -0.25) is 4.79 Å². The van der Waals surface area contributed by atoms with E-state index < -0.39 is 0 Å². The number of furan rings is 1. The molecule has 0 aliphatic heterocycles. The van der Waals surface area contributed by atoms with Crippen LogP contribution in [0.15, 0.2) is 52.2 Å². The van der Waals surface area contributed by atoms with Gasteiger partial charge in [0, 0.05) is 7.05 Å². The average molecular weight is 399 g/mol. The Labute approximate surface area is 169 Å². The number of thioether (sulfide) groups is 1. The monoisotopic (exact) mass is 398 g/mol. The minimum atomic E-state index is -0.0106. The van der Waals surface area contributed by atoms with Gasteiger partial charge >= 0.3 is 0 Å². The summed E-state index contributed by atoms with van der Waals surface area (Å²) in [6, 6.07) is 12.0. The molecule has 0 fully saturated rings. The van der Waals surface area contributed by atoms with Gasteiger partial charge in [0.2, 0.25) is 5.91 Å². The second-order valence-corrected chi connectivity index (χ2v) is 8.15. The summed E-state index contributed by atoms with van der Waals surface area (Å²) in [5, 5.41) is 12.3. The lowest BCUT2D eigenvalue weighted by Gasteiger charge is -2.21. The molecular formula is C21H26N4O2S. The Hall–Kier alpha value is -2.54. The number of amides is 1. The van der Waals surface area contributed by atoms with E-state index in [2.05, 4.69) is 41.5 Å². The third kappa shape index (κ3) is 4.84. The van der Waals surface area contributed by atoms with E-state index in [-0.39, 0.29) is 17.7 Å². The van der Waals surface area contributed by atoms with E-state index in [9.17, 15) is 4.79 Å². The van der Waals surface area contributed by atoms with Crippen LogP contribution in [-0.2, 0) is 11.8 Å². The number of rotatable bonds is 8. The van der Waals surface area contributed by atoms with Crippen LogP contribution in [0.5, 0.6) is 0 Å². The molecule has 3 aromatic rings. The van der Waals surface area contributed by atoms with E-state index in [1.165, 1.54) is 11.8 Å². The van der Waals surface area contributed by atoms with Crippen LogP contribution < -0.4 is 5.32 Å². The fourth-order valence-electron chi connectivity index (χ4n) is 3.09. The van der Waals surface area contributed by atoms with Crippen molar-refractivity contribution in [1.29, 1.82) is 0 Å². The van der Waals surface area contributed by atoms with E-state index in [0.29, 0.717) is 11.1 Å². The predicted molar refractivity (Wildman–Crippen MR) is 111 cm³/mol. The average Bonchev–Trinajstić information content (AvgIpc) is 3.25. The molecule has 1 atom stereocenters. The van der Waals surface area contributed by atoms with Gasteiger partial charge in [0.05, 0.1) is 23.6 Å². The van der Waals surface area contributed by atoms with Crippen molar-refractivity contribution in [2.45, 2.75) is 38.4 Å². The van der Waals surface area contributed by atoms with Crippen LogP contribution in [0.4, 0.5) is 0 Å². The molecule has 1 N–H and O–H groups in total. The van der Waals surface area contributed by atoms with Crippen molar-refractivity contribution in [3.63, 3.8) is 0 Å². The normalized spacial score (nSPS) is 12.3. The molecule has 1 unspecified atom stereocenters. The highest BCUT2D eigenvalue weighted by molar-refractivity contribution is 7.99. The maximum atomic E-state index is 12.6. The topological polar surface area (TPSA) is 72.9 Å². The quantitative estimate of drug-likeness (QED) is 0.570. The number of aromatic nitrogens is 3. The van der Waals surface area contributed by atoms with Crippen LogP contribution in [0.3, 0.4) is 0 Å². The van der Waals surface area contributed by atoms with E-state index in [1.807, 2.05) is 42.8 Å². The van der Waals surface area contributed by atoms with Gasteiger partial charge < -0.3 is 14.3 Å². The molecule has 2 aromatic heterocycles. The smallest absolute Gasteiger partial charge is 0.230 e. The zero-order valence-corrected chi connectivity index (χ0v) is 17.5. The van der Waals surface area contributed by atoms with Gasteiger partial charge in [0.1, 0.15) is 5.76 Å². The summed E-state index contributed by atoms with van der Waals surface area (Å²) in [5.41, 5.74) is 2.04. The number of benzene rings is 1. The number of carbonyl (C=O) groups excluding carboxylic acids is 1. The minimum absolute atomic E-state index is 0.0106. The summed E-state index contributed by atoms with van der Waals surface area (Å²) in [4.78, 5) is 12.6. The Morgan fingerprint density at radius 1 is 1.21 bits per heavy atom. The molecule has 0 aliphatic carbocycles. The molecule has 3 rings (SSSR count). The Morgan fingerprint density at radius 3 is 2.61 bits per heavy atom. The molecule has 28 heavy (non-hydrogen) atoms. The fraction of sp³-hybridized carbons (Fsp3) is 0.381. The zero-order valence-electron chi connectivity index (χ0n) is 16.7. The first-order valence-corrected chi connectivity index (χ1v) is 10.3. The molecule has 7 heteroatoms. The van der Waals surface area contributed by atoms with Crippen LogP contribution in [0.25, 0.3) is 11.4 Å². The SMILES string of the molecule is Cc1occc1-c1nnc(SCC(=O)NC(CC(C)C)c2ccccc2)n1C. The van der Waals surface area contributed by atoms with Crippen molar-refractivity contribution in [3.8, 4) is 11.4 Å². The third-order valence-corrected chi connectivity index (χ3v) is 5.53. The minimum Gasteiger partial charge on any atom is -0.469 e. The molecule has 0 bridgehead atoms. The Morgan fingerprint density at radius 2 is 1.96 bits per heavy atom. The van der Waals surface area contributed by atoms with Gasteiger partial charge in [-0.2, -0.15) is 0 Å². The third-order valence-electron chi connectivity index (χ3n) is 4.51. The summed E-state index contributed by atoms with van der Waals surface area (Å²) in [7, 11) is 1.90. The van der Waals surface area contributed by atoms with Crippen molar-refractivity contribution < 1.29 is 9.21 Å². The second kappa shape index (κ2) is 9.10. The molecular weight excluding hydrogens is 372 g/mol. The lowest BCUT2D eigenvalue weighted by Crippen LogP contribution is -2.31. The molecule has 148 valence electrons. The maximum Gasteiger partial charge on any atom is 0.230 e. The van der Waals surface area contributed by atoms with Crippen molar-refractivity contribution in [2.24, 2.45) is 13.0 Å². The van der Waals surface area contributed by atoms with Gasteiger partial charge in [-0.1, -0.05) is 55.9 Å². The van der Waals surface area contributed by atoms with Crippen molar-refractivity contribution in [1.82, 2.24) is 20.1 Å². The Kier molecular flexibility index (Phi) is 6.57. The molecule has 0 spiro atoms. The summed E-state index contributed by atoms with van der Waals surface area (Å²) in [6.07, 6.45) is 2.53. The van der Waals surface area contributed by atoms with Crippen LogP contribution in [0.1, 0.15) is 37.6 Å². The van der Waals surface area contributed by atoms with E-state index in [1.54, 1.807) is 6.26 Å². The second-order valence-electron chi connectivity index (χ2n) is 7.20. The van der Waals surface area contributed by atoms with Gasteiger partial charge in [0.15, 0.2) is 11.0 Å². The predicted octanol–water partition coefficient (Wildman–Crippen LogP) is 4.38. The van der Waals surface area contributed by atoms with Crippen LogP contribution >= 0.6 is 11.8 Å². The van der Waals surface area contributed by atoms with E-state index in [4.69, 9.17) is 4.42 Å². The Bertz CT molecular complexity index is 918. The molecule has 2 heterocycles. The van der Waals surface area contributed by atoms with Gasteiger partial charge in [0.25, 0.3) is 0 Å². The Balaban J connectivity index is 1.63. The lowest BCUT2D eigenvalue weighted by molar-refractivity contribution is -0.119. The number of aryl methyl sites for hydroxylation is 1.